The van der Waals surface area contributed by atoms with Crippen LogP contribution in [-0.2, 0) is 6.54 Å². The van der Waals surface area contributed by atoms with Gasteiger partial charge in [-0.25, -0.2) is 8.78 Å². The Morgan fingerprint density at radius 3 is 2.90 bits per heavy atom. The van der Waals surface area contributed by atoms with Gasteiger partial charge in [-0.05, 0) is 42.0 Å². The average Bonchev–Trinajstić information content (AvgIpc) is 2.48. The normalized spacial score (nSPS) is 17.8. The third kappa shape index (κ3) is 2.86. The topological polar surface area (TPSA) is 12.0 Å². The molecular weight excluding hydrogens is 276 g/mol. The molecule has 1 nitrogen and oxygen atoms in total. The number of hydrogen-bond acceptors (Lipinski definition) is 2. The van der Waals surface area contributed by atoms with Crippen LogP contribution in [0.2, 0.25) is 0 Å². The molecule has 2 aromatic carbocycles. The minimum absolute atomic E-state index is 0.204. The summed E-state index contributed by atoms with van der Waals surface area (Å²) in [6.07, 6.45) is 0.999. The molecule has 0 spiro atoms. The fourth-order valence-electron chi connectivity index (χ4n) is 2.47. The molecule has 0 bridgehead atoms. The van der Waals surface area contributed by atoms with Crippen LogP contribution in [0.4, 0.5) is 8.78 Å². The summed E-state index contributed by atoms with van der Waals surface area (Å²) in [5.74, 6) is 0.278. The maximum absolute atomic E-state index is 13.6. The van der Waals surface area contributed by atoms with Crippen molar-refractivity contribution in [2.75, 3.05) is 5.75 Å². The Bertz CT molecular complexity index is 615. The Hall–Kier alpha value is -1.39. The standard InChI is InChI=1S/C16H15F2NS/c17-12-5-6-14(18)11(9-12)10-19-15-7-8-20-16-4-2-1-3-13(15)16/h1-6,9,15,19H,7-8,10H2. The predicted molar refractivity (Wildman–Crippen MR) is 77.7 cm³/mol. The molecular formula is C16H15F2NS. The lowest BCUT2D eigenvalue weighted by Gasteiger charge is -2.26. The molecule has 20 heavy (non-hydrogen) atoms. The van der Waals surface area contributed by atoms with Gasteiger partial charge < -0.3 is 5.32 Å². The van der Waals surface area contributed by atoms with Crippen molar-refractivity contribution in [2.24, 2.45) is 0 Å². The van der Waals surface area contributed by atoms with Crippen molar-refractivity contribution in [3.63, 3.8) is 0 Å². The van der Waals surface area contributed by atoms with Crippen LogP contribution in [0, 0.1) is 11.6 Å². The summed E-state index contributed by atoms with van der Waals surface area (Å²) in [4.78, 5) is 1.27. The fourth-order valence-corrected chi connectivity index (χ4v) is 3.59. The van der Waals surface area contributed by atoms with Crippen molar-refractivity contribution < 1.29 is 8.78 Å². The second-order valence-electron chi connectivity index (χ2n) is 4.84. The third-order valence-corrected chi connectivity index (χ3v) is 4.63. The Morgan fingerprint density at radius 2 is 2.00 bits per heavy atom. The highest BCUT2D eigenvalue weighted by molar-refractivity contribution is 7.99. The van der Waals surface area contributed by atoms with Crippen molar-refractivity contribution in [2.45, 2.75) is 23.9 Å². The fraction of sp³-hybridized carbons (Fsp3) is 0.250. The largest absolute Gasteiger partial charge is 0.306 e. The molecule has 1 N–H and O–H groups in total. The van der Waals surface area contributed by atoms with E-state index < -0.39 is 5.82 Å². The molecule has 1 aliphatic heterocycles. The van der Waals surface area contributed by atoms with Crippen LogP contribution in [0.3, 0.4) is 0 Å². The molecule has 0 fully saturated rings. The van der Waals surface area contributed by atoms with E-state index in [1.54, 1.807) is 0 Å². The lowest BCUT2D eigenvalue weighted by Crippen LogP contribution is -2.24. The summed E-state index contributed by atoms with van der Waals surface area (Å²) >= 11 is 1.85. The molecule has 1 aliphatic rings. The first-order chi connectivity index (χ1) is 9.74. The molecule has 1 heterocycles. The summed E-state index contributed by atoms with van der Waals surface area (Å²) in [5.41, 5.74) is 1.63. The van der Waals surface area contributed by atoms with E-state index in [4.69, 9.17) is 0 Å². The maximum atomic E-state index is 13.6. The molecule has 4 heteroatoms. The van der Waals surface area contributed by atoms with Crippen molar-refractivity contribution in [3.8, 4) is 0 Å². The molecule has 3 rings (SSSR count). The summed E-state index contributed by atoms with van der Waals surface area (Å²) < 4.78 is 26.8. The number of fused-ring (bicyclic) bond motifs is 1. The SMILES string of the molecule is Fc1ccc(F)c(CNC2CCSc3ccccc32)c1. The first-order valence-corrected chi connectivity index (χ1v) is 7.61. The smallest absolute Gasteiger partial charge is 0.127 e. The van der Waals surface area contributed by atoms with Crippen LogP contribution in [0.25, 0.3) is 0 Å². The zero-order chi connectivity index (χ0) is 13.9. The molecule has 1 unspecified atom stereocenters. The number of halogens is 2. The van der Waals surface area contributed by atoms with Gasteiger partial charge in [0.2, 0.25) is 0 Å². The number of nitrogens with one attached hydrogen (secondary N) is 1. The van der Waals surface area contributed by atoms with Crippen molar-refractivity contribution in [1.82, 2.24) is 5.32 Å². The van der Waals surface area contributed by atoms with E-state index >= 15 is 0 Å². The molecule has 2 aromatic rings. The van der Waals surface area contributed by atoms with Gasteiger partial charge in [0, 0.05) is 23.0 Å². The predicted octanol–water partition coefficient (Wildman–Crippen LogP) is 4.29. The summed E-state index contributed by atoms with van der Waals surface area (Å²) in [6, 6.07) is 12.0. The van der Waals surface area contributed by atoms with E-state index in [0.717, 1.165) is 18.2 Å². The van der Waals surface area contributed by atoms with E-state index in [2.05, 4.69) is 17.4 Å². The van der Waals surface area contributed by atoms with Crippen molar-refractivity contribution in [3.05, 3.63) is 65.2 Å². The summed E-state index contributed by atoms with van der Waals surface area (Å²) in [6.45, 7) is 0.341. The van der Waals surface area contributed by atoms with Gasteiger partial charge in [0.1, 0.15) is 11.6 Å². The molecule has 0 amide bonds. The minimum Gasteiger partial charge on any atom is -0.306 e. The first kappa shape index (κ1) is 13.6. The molecule has 1 atom stereocenters. The minimum atomic E-state index is -0.400. The van der Waals surface area contributed by atoms with Gasteiger partial charge in [0.25, 0.3) is 0 Å². The number of benzene rings is 2. The molecule has 0 aliphatic carbocycles. The number of thioether (sulfide) groups is 1. The molecule has 0 saturated heterocycles. The van der Waals surface area contributed by atoms with Crippen molar-refractivity contribution in [1.29, 1.82) is 0 Å². The van der Waals surface area contributed by atoms with Gasteiger partial charge in [-0.15, -0.1) is 11.8 Å². The zero-order valence-corrected chi connectivity index (χ0v) is 11.7. The van der Waals surface area contributed by atoms with E-state index in [-0.39, 0.29) is 11.9 Å². The Morgan fingerprint density at radius 1 is 1.15 bits per heavy atom. The van der Waals surface area contributed by atoms with E-state index in [9.17, 15) is 8.78 Å². The first-order valence-electron chi connectivity index (χ1n) is 6.63. The highest BCUT2D eigenvalue weighted by atomic mass is 32.2. The maximum Gasteiger partial charge on any atom is 0.127 e. The Labute approximate surface area is 121 Å². The average molecular weight is 291 g/mol. The van der Waals surface area contributed by atoms with Gasteiger partial charge in [0.15, 0.2) is 0 Å². The molecule has 0 radical (unpaired) electrons. The quantitative estimate of drug-likeness (QED) is 0.905. The number of rotatable bonds is 3. The highest BCUT2D eigenvalue weighted by Crippen LogP contribution is 2.35. The zero-order valence-electron chi connectivity index (χ0n) is 10.9. The van der Waals surface area contributed by atoms with Gasteiger partial charge in [-0.2, -0.15) is 0 Å². The molecule has 104 valence electrons. The van der Waals surface area contributed by atoms with Gasteiger partial charge in [-0.1, -0.05) is 18.2 Å². The summed E-state index contributed by atoms with van der Waals surface area (Å²) in [7, 11) is 0. The molecule has 0 saturated carbocycles. The number of hydrogen-bond donors (Lipinski definition) is 1. The monoisotopic (exact) mass is 291 g/mol. The van der Waals surface area contributed by atoms with Crippen molar-refractivity contribution >= 4 is 11.8 Å². The van der Waals surface area contributed by atoms with Crippen LogP contribution in [0.1, 0.15) is 23.6 Å². The van der Waals surface area contributed by atoms with Gasteiger partial charge in [0.05, 0.1) is 0 Å². The van der Waals surface area contributed by atoms with Crippen LogP contribution >= 0.6 is 11.8 Å². The van der Waals surface area contributed by atoms with E-state index in [1.165, 1.54) is 22.6 Å². The second-order valence-corrected chi connectivity index (χ2v) is 5.98. The molecule has 0 aromatic heterocycles. The lowest BCUT2D eigenvalue weighted by atomic mass is 10.0. The van der Waals surface area contributed by atoms with E-state index in [0.29, 0.717) is 12.1 Å². The second kappa shape index (κ2) is 5.94. The highest BCUT2D eigenvalue weighted by Gasteiger charge is 2.20. The Balaban J connectivity index is 1.75. The van der Waals surface area contributed by atoms with Gasteiger partial charge >= 0.3 is 0 Å². The van der Waals surface area contributed by atoms with Gasteiger partial charge in [-0.3, -0.25) is 0 Å². The van der Waals surface area contributed by atoms with Crippen LogP contribution in [0.5, 0.6) is 0 Å². The lowest BCUT2D eigenvalue weighted by molar-refractivity contribution is 0.493. The van der Waals surface area contributed by atoms with Crippen LogP contribution < -0.4 is 5.32 Å². The van der Waals surface area contributed by atoms with E-state index in [1.807, 2.05) is 23.9 Å². The Kier molecular flexibility index (Phi) is 4.03. The third-order valence-electron chi connectivity index (χ3n) is 3.51. The summed E-state index contributed by atoms with van der Waals surface area (Å²) in [5, 5.41) is 3.34. The van der Waals surface area contributed by atoms with Crippen LogP contribution in [-0.4, -0.2) is 5.75 Å². The van der Waals surface area contributed by atoms with Crippen LogP contribution in [0.15, 0.2) is 47.4 Å².